The summed E-state index contributed by atoms with van der Waals surface area (Å²) in [5.41, 5.74) is 4.42. The van der Waals surface area contributed by atoms with E-state index in [0.29, 0.717) is 12.0 Å². The molecule has 104 valence electrons. The summed E-state index contributed by atoms with van der Waals surface area (Å²) in [6.07, 6.45) is 2.36. The van der Waals surface area contributed by atoms with Crippen LogP contribution in [0.5, 0.6) is 0 Å². The number of anilines is 1. The van der Waals surface area contributed by atoms with Crippen LogP contribution in [-0.4, -0.2) is 12.6 Å². The second-order valence-electron chi connectivity index (χ2n) is 6.21. The highest BCUT2D eigenvalue weighted by Crippen LogP contribution is 2.29. The molecule has 20 heavy (non-hydrogen) atoms. The average molecular weight is 265 g/mol. The molecule has 0 bridgehead atoms. The highest BCUT2D eigenvalue weighted by molar-refractivity contribution is 5.49. The van der Waals surface area contributed by atoms with E-state index in [0.717, 1.165) is 6.54 Å². The molecule has 0 fully saturated rings. The average Bonchev–Trinajstić information content (AvgIpc) is 2.89. The van der Waals surface area contributed by atoms with E-state index in [1.54, 1.807) is 0 Å². The molecular weight excluding hydrogens is 242 g/mol. The van der Waals surface area contributed by atoms with E-state index in [1.807, 2.05) is 0 Å². The first-order chi connectivity index (χ1) is 9.74. The lowest BCUT2D eigenvalue weighted by molar-refractivity contribution is 0.541. The smallest absolute Gasteiger partial charge is 0.0370 e. The van der Waals surface area contributed by atoms with Gasteiger partial charge in [-0.05, 0) is 42.0 Å². The van der Waals surface area contributed by atoms with Gasteiger partial charge in [0, 0.05) is 18.3 Å². The molecule has 0 heterocycles. The molecule has 1 aliphatic carbocycles. The van der Waals surface area contributed by atoms with Crippen LogP contribution >= 0.6 is 0 Å². The van der Waals surface area contributed by atoms with E-state index in [-0.39, 0.29) is 0 Å². The molecule has 1 aliphatic rings. The van der Waals surface area contributed by atoms with Crippen molar-refractivity contribution in [3.63, 3.8) is 0 Å². The predicted molar refractivity (Wildman–Crippen MR) is 86.3 cm³/mol. The quantitative estimate of drug-likeness (QED) is 0.796. The van der Waals surface area contributed by atoms with Crippen molar-refractivity contribution < 1.29 is 0 Å². The van der Waals surface area contributed by atoms with Crippen molar-refractivity contribution in [2.45, 2.75) is 32.7 Å². The zero-order valence-corrected chi connectivity index (χ0v) is 12.4. The molecule has 0 unspecified atom stereocenters. The third-order valence-corrected chi connectivity index (χ3v) is 4.12. The molecular formula is C19H23N. The maximum absolute atomic E-state index is 2.60. The van der Waals surface area contributed by atoms with Crippen LogP contribution in [0, 0.1) is 5.92 Å². The monoisotopic (exact) mass is 265 g/mol. The lowest BCUT2D eigenvalue weighted by Gasteiger charge is -2.32. The van der Waals surface area contributed by atoms with Crippen LogP contribution in [0.2, 0.25) is 0 Å². The molecule has 0 aromatic heterocycles. The Balaban J connectivity index is 1.85. The standard InChI is InChI=1S/C19H23N/c1-15(2)14-20(18-10-4-3-5-11-18)19-12-16-8-6-7-9-17(16)13-19/h3-11,15,19H,12-14H2,1-2H3. The summed E-state index contributed by atoms with van der Waals surface area (Å²) in [4.78, 5) is 2.60. The first-order valence-electron chi connectivity index (χ1n) is 7.62. The molecule has 0 amide bonds. The third kappa shape index (κ3) is 2.72. The van der Waals surface area contributed by atoms with Gasteiger partial charge < -0.3 is 4.90 Å². The van der Waals surface area contributed by atoms with Gasteiger partial charge in [0.15, 0.2) is 0 Å². The highest BCUT2D eigenvalue weighted by Gasteiger charge is 2.27. The summed E-state index contributed by atoms with van der Waals surface area (Å²) in [6, 6.07) is 20.4. The van der Waals surface area contributed by atoms with Crippen LogP contribution in [0.1, 0.15) is 25.0 Å². The van der Waals surface area contributed by atoms with Crippen LogP contribution < -0.4 is 4.90 Å². The maximum atomic E-state index is 2.60. The predicted octanol–water partition coefficient (Wildman–Crippen LogP) is 4.32. The molecule has 2 aromatic rings. The molecule has 1 nitrogen and oxygen atoms in total. The first-order valence-corrected chi connectivity index (χ1v) is 7.62. The van der Waals surface area contributed by atoms with Gasteiger partial charge in [-0.15, -0.1) is 0 Å². The topological polar surface area (TPSA) is 3.24 Å². The van der Waals surface area contributed by atoms with Gasteiger partial charge in [-0.3, -0.25) is 0 Å². The molecule has 0 atom stereocenters. The van der Waals surface area contributed by atoms with Gasteiger partial charge in [0.05, 0.1) is 0 Å². The second-order valence-corrected chi connectivity index (χ2v) is 6.21. The Morgan fingerprint density at radius 2 is 1.45 bits per heavy atom. The van der Waals surface area contributed by atoms with Crippen molar-refractivity contribution >= 4 is 5.69 Å². The van der Waals surface area contributed by atoms with Gasteiger partial charge in [0.25, 0.3) is 0 Å². The van der Waals surface area contributed by atoms with Crippen molar-refractivity contribution in [3.05, 3.63) is 65.7 Å². The van der Waals surface area contributed by atoms with Crippen LogP contribution in [0.3, 0.4) is 0 Å². The number of para-hydroxylation sites is 1. The Hall–Kier alpha value is -1.76. The number of hydrogen-bond donors (Lipinski definition) is 0. The number of hydrogen-bond acceptors (Lipinski definition) is 1. The molecule has 2 aromatic carbocycles. The fraction of sp³-hybridized carbons (Fsp3) is 0.368. The van der Waals surface area contributed by atoms with Crippen LogP contribution in [0.4, 0.5) is 5.69 Å². The highest BCUT2D eigenvalue weighted by atomic mass is 15.2. The van der Waals surface area contributed by atoms with E-state index in [9.17, 15) is 0 Å². The summed E-state index contributed by atoms with van der Waals surface area (Å²) in [5, 5.41) is 0. The molecule has 1 heteroatoms. The Morgan fingerprint density at radius 1 is 0.900 bits per heavy atom. The Kier molecular flexibility index (Phi) is 3.77. The van der Waals surface area contributed by atoms with Crippen LogP contribution in [0.25, 0.3) is 0 Å². The molecule has 0 saturated carbocycles. The fourth-order valence-electron chi connectivity index (χ4n) is 3.23. The summed E-state index contributed by atoms with van der Waals surface area (Å²) < 4.78 is 0. The number of fused-ring (bicyclic) bond motifs is 1. The molecule has 3 rings (SSSR count). The lowest BCUT2D eigenvalue weighted by Crippen LogP contribution is -2.38. The van der Waals surface area contributed by atoms with E-state index < -0.39 is 0 Å². The Morgan fingerprint density at radius 3 is 2.00 bits per heavy atom. The van der Waals surface area contributed by atoms with Gasteiger partial charge in [0.2, 0.25) is 0 Å². The van der Waals surface area contributed by atoms with Gasteiger partial charge in [-0.2, -0.15) is 0 Å². The van der Waals surface area contributed by atoms with Gasteiger partial charge in [0.1, 0.15) is 0 Å². The fourth-order valence-corrected chi connectivity index (χ4v) is 3.23. The van der Waals surface area contributed by atoms with E-state index in [1.165, 1.54) is 29.7 Å². The minimum Gasteiger partial charge on any atom is -0.368 e. The van der Waals surface area contributed by atoms with Crippen LogP contribution in [0.15, 0.2) is 54.6 Å². The summed E-state index contributed by atoms with van der Waals surface area (Å²) in [5.74, 6) is 0.680. The van der Waals surface area contributed by atoms with Crippen LogP contribution in [-0.2, 0) is 12.8 Å². The Labute approximate surface area is 122 Å². The van der Waals surface area contributed by atoms with Crippen molar-refractivity contribution in [2.24, 2.45) is 5.92 Å². The zero-order valence-electron chi connectivity index (χ0n) is 12.4. The normalized spacial score (nSPS) is 14.6. The number of rotatable bonds is 4. The van der Waals surface area contributed by atoms with Gasteiger partial charge in [-0.25, -0.2) is 0 Å². The van der Waals surface area contributed by atoms with Gasteiger partial charge >= 0.3 is 0 Å². The van der Waals surface area contributed by atoms with E-state index >= 15 is 0 Å². The van der Waals surface area contributed by atoms with Crippen molar-refractivity contribution in [3.8, 4) is 0 Å². The van der Waals surface area contributed by atoms with E-state index in [2.05, 4.69) is 73.3 Å². The first kappa shape index (κ1) is 13.2. The minimum atomic E-state index is 0.609. The number of benzene rings is 2. The third-order valence-electron chi connectivity index (χ3n) is 4.12. The van der Waals surface area contributed by atoms with Crippen molar-refractivity contribution in [2.75, 3.05) is 11.4 Å². The molecule has 0 spiro atoms. The summed E-state index contributed by atoms with van der Waals surface area (Å²) in [7, 11) is 0. The number of nitrogens with zero attached hydrogens (tertiary/aromatic N) is 1. The molecule has 0 saturated heterocycles. The summed E-state index contributed by atoms with van der Waals surface area (Å²) >= 11 is 0. The second kappa shape index (κ2) is 5.70. The molecule has 0 aliphatic heterocycles. The lowest BCUT2D eigenvalue weighted by atomic mass is 10.1. The van der Waals surface area contributed by atoms with Gasteiger partial charge in [-0.1, -0.05) is 56.3 Å². The Bertz CT molecular complexity index is 534. The molecule has 0 radical (unpaired) electrons. The maximum Gasteiger partial charge on any atom is 0.0370 e. The van der Waals surface area contributed by atoms with Crippen molar-refractivity contribution in [1.29, 1.82) is 0 Å². The van der Waals surface area contributed by atoms with Crippen molar-refractivity contribution in [1.82, 2.24) is 0 Å². The molecule has 0 N–H and O–H groups in total. The zero-order chi connectivity index (χ0) is 13.9. The van der Waals surface area contributed by atoms with E-state index in [4.69, 9.17) is 0 Å². The summed E-state index contributed by atoms with van der Waals surface area (Å²) in [6.45, 7) is 5.73. The SMILES string of the molecule is CC(C)CN(c1ccccc1)C1Cc2ccccc2C1. The largest absolute Gasteiger partial charge is 0.368 e. The minimum absolute atomic E-state index is 0.609.